The Morgan fingerprint density at radius 1 is 1.22 bits per heavy atom. The first-order chi connectivity index (χ1) is 12.7. The summed E-state index contributed by atoms with van der Waals surface area (Å²) in [5.74, 6) is 0.114. The number of ether oxygens (including phenoxy) is 1. The summed E-state index contributed by atoms with van der Waals surface area (Å²) in [5.41, 5.74) is -0.963. The standard InChI is InChI=1S/C17H15F3N2O4S/c1-26-13-5-2-11(3-6-13)9-21-16(23)10-27-15-7-4-12(17(18,19)20)8-14(15)22(24)25/h2-8H,9-10H2,1H3,(H,21,23). The summed E-state index contributed by atoms with van der Waals surface area (Å²) in [5, 5.41) is 13.7. The van der Waals surface area contributed by atoms with Crippen molar-refractivity contribution in [3.63, 3.8) is 0 Å². The minimum Gasteiger partial charge on any atom is -0.497 e. The molecule has 0 radical (unpaired) electrons. The van der Waals surface area contributed by atoms with Gasteiger partial charge in [0.15, 0.2) is 0 Å². The highest BCUT2D eigenvalue weighted by atomic mass is 32.2. The van der Waals surface area contributed by atoms with E-state index in [2.05, 4.69) is 5.32 Å². The van der Waals surface area contributed by atoms with Gasteiger partial charge in [0.25, 0.3) is 5.69 Å². The molecule has 0 aliphatic carbocycles. The Bertz CT molecular complexity index is 826. The van der Waals surface area contributed by atoms with Crippen LogP contribution in [0.15, 0.2) is 47.4 Å². The highest BCUT2D eigenvalue weighted by Gasteiger charge is 2.33. The number of amides is 1. The van der Waals surface area contributed by atoms with E-state index in [1.54, 1.807) is 24.3 Å². The van der Waals surface area contributed by atoms with Crippen LogP contribution in [0.4, 0.5) is 18.9 Å². The Hall–Kier alpha value is -2.75. The number of rotatable bonds is 7. The van der Waals surface area contributed by atoms with Crippen molar-refractivity contribution in [3.8, 4) is 5.75 Å². The van der Waals surface area contributed by atoms with E-state index in [4.69, 9.17) is 4.74 Å². The van der Waals surface area contributed by atoms with Gasteiger partial charge >= 0.3 is 6.18 Å². The third-order valence-corrected chi connectivity index (χ3v) is 4.55. The zero-order valence-corrected chi connectivity index (χ0v) is 14.9. The van der Waals surface area contributed by atoms with Gasteiger partial charge < -0.3 is 10.1 Å². The Morgan fingerprint density at radius 3 is 2.44 bits per heavy atom. The number of carbonyl (C=O) groups excluding carboxylic acids is 1. The molecule has 0 aliphatic rings. The Labute approximate surface area is 156 Å². The quantitative estimate of drug-likeness (QED) is 0.431. The second-order valence-corrected chi connectivity index (χ2v) is 6.37. The molecule has 10 heteroatoms. The molecule has 2 rings (SSSR count). The Balaban J connectivity index is 1.96. The zero-order chi connectivity index (χ0) is 20.0. The van der Waals surface area contributed by atoms with Crippen molar-refractivity contribution in [2.24, 2.45) is 0 Å². The molecular weight excluding hydrogens is 385 g/mol. The van der Waals surface area contributed by atoms with E-state index < -0.39 is 28.3 Å². The average molecular weight is 400 g/mol. The van der Waals surface area contributed by atoms with E-state index in [0.717, 1.165) is 29.5 Å². The van der Waals surface area contributed by atoms with Gasteiger partial charge in [0.2, 0.25) is 5.91 Å². The normalized spacial score (nSPS) is 11.1. The highest BCUT2D eigenvalue weighted by molar-refractivity contribution is 8.00. The van der Waals surface area contributed by atoms with Gasteiger partial charge in [-0.25, -0.2) is 0 Å². The zero-order valence-electron chi connectivity index (χ0n) is 14.1. The topological polar surface area (TPSA) is 81.5 Å². The van der Waals surface area contributed by atoms with E-state index in [1.807, 2.05) is 0 Å². The number of alkyl halides is 3. The number of carbonyl (C=O) groups is 1. The number of methoxy groups -OCH3 is 1. The van der Waals surface area contributed by atoms with Crippen LogP contribution < -0.4 is 10.1 Å². The van der Waals surface area contributed by atoms with Gasteiger partial charge in [-0.1, -0.05) is 12.1 Å². The van der Waals surface area contributed by atoms with Crippen LogP contribution in [0.5, 0.6) is 5.75 Å². The molecule has 1 amide bonds. The summed E-state index contributed by atoms with van der Waals surface area (Å²) in [7, 11) is 1.54. The molecule has 0 atom stereocenters. The second-order valence-electron chi connectivity index (χ2n) is 5.35. The lowest BCUT2D eigenvalue weighted by Crippen LogP contribution is -2.24. The number of nitrogens with one attached hydrogen (secondary N) is 1. The van der Waals surface area contributed by atoms with Crippen LogP contribution in [-0.4, -0.2) is 23.7 Å². The van der Waals surface area contributed by atoms with Crippen LogP contribution in [0.25, 0.3) is 0 Å². The first kappa shape index (κ1) is 20.6. The molecule has 2 aromatic rings. The number of hydrogen-bond acceptors (Lipinski definition) is 5. The molecule has 0 aromatic heterocycles. The molecule has 144 valence electrons. The van der Waals surface area contributed by atoms with Gasteiger partial charge in [0.05, 0.1) is 28.2 Å². The van der Waals surface area contributed by atoms with Crippen molar-refractivity contribution in [2.45, 2.75) is 17.6 Å². The largest absolute Gasteiger partial charge is 0.497 e. The fraction of sp³-hybridized carbons (Fsp3) is 0.235. The van der Waals surface area contributed by atoms with Crippen molar-refractivity contribution in [1.29, 1.82) is 0 Å². The van der Waals surface area contributed by atoms with Gasteiger partial charge in [-0.3, -0.25) is 14.9 Å². The summed E-state index contributed by atoms with van der Waals surface area (Å²) < 4.78 is 43.1. The molecule has 2 aromatic carbocycles. The van der Waals surface area contributed by atoms with E-state index in [9.17, 15) is 28.1 Å². The summed E-state index contributed by atoms with van der Waals surface area (Å²) in [6.45, 7) is 0.249. The second kappa shape index (κ2) is 8.76. The first-order valence-corrected chi connectivity index (χ1v) is 8.57. The van der Waals surface area contributed by atoms with E-state index >= 15 is 0 Å². The van der Waals surface area contributed by atoms with Gasteiger partial charge in [0, 0.05) is 12.6 Å². The summed E-state index contributed by atoms with van der Waals surface area (Å²) in [6.07, 6.45) is -4.68. The predicted octanol–water partition coefficient (Wildman–Crippen LogP) is 4.03. The summed E-state index contributed by atoms with van der Waals surface area (Å²) >= 11 is 0.803. The van der Waals surface area contributed by atoms with Crippen LogP contribution in [0.1, 0.15) is 11.1 Å². The highest BCUT2D eigenvalue weighted by Crippen LogP contribution is 2.36. The monoisotopic (exact) mass is 400 g/mol. The van der Waals surface area contributed by atoms with Crippen LogP contribution in [-0.2, 0) is 17.5 Å². The molecule has 1 N–H and O–H groups in total. The van der Waals surface area contributed by atoms with Crippen molar-refractivity contribution in [1.82, 2.24) is 5.32 Å². The molecule has 6 nitrogen and oxygen atoms in total. The van der Waals surface area contributed by atoms with Gasteiger partial charge in [-0.2, -0.15) is 13.2 Å². The molecule has 27 heavy (non-hydrogen) atoms. The van der Waals surface area contributed by atoms with Crippen LogP contribution in [0.2, 0.25) is 0 Å². The number of nitrogens with zero attached hydrogens (tertiary/aromatic N) is 1. The maximum atomic E-state index is 12.7. The summed E-state index contributed by atoms with van der Waals surface area (Å²) in [4.78, 5) is 22.0. The van der Waals surface area contributed by atoms with Crippen LogP contribution in [0, 0.1) is 10.1 Å². The maximum absolute atomic E-state index is 12.7. The number of halogens is 3. The molecule has 0 aliphatic heterocycles. The number of nitro benzene ring substituents is 1. The smallest absolute Gasteiger partial charge is 0.416 e. The number of nitro groups is 1. The fourth-order valence-electron chi connectivity index (χ4n) is 2.10. The molecule has 0 bridgehead atoms. The third-order valence-electron chi connectivity index (χ3n) is 3.49. The van der Waals surface area contributed by atoms with Gasteiger partial charge in [0.1, 0.15) is 5.75 Å². The van der Waals surface area contributed by atoms with Gasteiger partial charge in [-0.05, 0) is 29.8 Å². The van der Waals surface area contributed by atoms with E-state index in [0.29, 0.717) is 11.8 Å². The van der Waals surface area contributed by atoms with E-state index in [-0.39, 0.29) is 17.2 Å². The molecule has 0 spiro atoms. The number of thioether (sulfide) groups is 1. The first-order valence-electron chi connectivity index (χ1n) is 7.59. The summed E-state index contributed by atoms with van der Waals surface area (Å²) in [6, 6.07) is 9.24. The van der Waals surface area contributed by atoms with E-state index in [1.165, 1.54) is 7.11 Å². The molecule has 0 unspecified atom stereocenters. The molecule has 0 saturated carbocycles. The Morgan fingerprint density at radius 2 is 1.89 bits per heavy atom. The maximum Gasteiger partial charge on any atom is 0.416 e. The number of hydrogen-bond donors (Lipinski definition) is 1. The van der Waals surface area contributed by atoms with Crippen molar-refractivity contribution >= 4 is 23.4 Å². The van der Waals surface area contributed by atoms with Crippen molar-refractivity contribution in [3.05, 3.63) is 63.7 Å². The van der Waals surface area contributed by atoms with Crippen molar-refractivity contribution < 1.29 is 27.6 Å². The van der Waals surface area contributed by atoms with Gasteiger partial charge in [-0.15, -0.1) is 11.8 Å². The molecule has 0 fully saturated rings. The molecule has 0 saturated heterocycles. The third kappa shape index (κ3) is 5.88. The average Bonchev–Trinajstić information content (AvgIpc) is 2.64. The Kier molecular flexibility index (Phi) is 6.67. The van der Waals surface area contributed by atoms with Crippen LogP contribution >= 0.6 is 11.8 Å². The fourth-order valence-corrected chi connectivity index (χ4v) is 2.93. The molecule has 0 heterocycles. The lowest BCUT2D eigenvalue weighted by molar-refractivity contribution is -0.388. The lowest BCUT2D eigenvalue weighted by Gasteiger charge is -2.09. The number of benzene rings is 2. The lowest BCUT2D eigenvalue weighted by atomic mass is 10.2. The minimum absolute atomic E-state index is 0.00685. The van der Waals surface area contributed by atoms with Crippen molar-refractivity contribution in [2.75, 3.05) is 12.9 Å². The SMILES string of the molecule is COc1ccc(CNC(=O)CSc2ccc(C(F)(F)F)cc2[N+](=O)[O-])cc1. The minimum atomic E-state index is -4.68. The predicted molar refractivity (Wildman–Crippen MR) is 93.7 cm³/mol. The molecular formula is C17H15F3N2O4S. The van der Waals surface area contributed by atoms with Crippen LogP contribution in [0.3, 0.4) is 0 Å².